The fourth-order valence-corrected chi connectivity index (χ4v) is 4.51. The number of hydrogen-bond donors (Lipinski definition) is 0. The van der Waals surface area contributed by atoms with Crippen LogP contribution in [-0.4, -0.2) is 78.0 Å². The summed E-state index contributed by atoms with van der Waals surface area (Å²) in [6.07, 6.45) is -13.5. The van der Waals surface area contributed by atoms with Crippen LogP contribution in [0.2, 0.25) is 0 Å². The first-order valence-electron chi connectivity index (χ1n) is 11.5. The van der Waals surface area contributed by atoms with E-state index < -0.39 is 24.5 Å². The van der Waals surface area contributed by atoms with Crippen LogP contribution in [-0.2, 0) is 17.8 Å². The van der Waals surface area contributed by atoms with E-state index in [0.29, 0.717) is 25.7 Å². The summed E-state index contributed by atoms with van der Waals surface area (Å²) >= 11 is 0. The zero-order valence-electron chi connectivity index (χ0n) is 19.4. The molecule has 0 radical (unpaired) electrons. The van der Waals surface area contributed by atoms with Gasteiger partial charge < -0.3 is 9.64 Å². The maximum atomic E-state index is 12.7. The number of nitrogens with zero attached hydrogens (tertiary/aromatic N) is 3. The van der Waals surface area contributed by atoms with Crippen LogP contribution in [0.1, 0.15) is 42.9 Å². The zero-order chi connectivity index (χ0) is 25.1. The molecular formula is C23H31F6N3O2. The van der Waals surface area contributed by atoms with Gasteiger partial charge in [-0.1, -0.05) is 24.6 Å². The van der Waals surface area contributed by atoms with Crippen molar-refractivity contribution < 1.29 is 35.9 Å². The number of rotatable bonds is 5. The van der Waals surface area contributed by atoms with Crippen LogP contribution in [0.15, 0.2) is 18.2 Å². The predicted octanol–water partition coefficient (Wildman–Crippen LogP) is 5.12. The van der Waals surface area contributed by atoms with Crippen molar-refractivity contribution in [3.8, 4) is 0 Å². The number of carbonyl (C=O) groups is 1. The van der Waals surface area contributed by atoms with Crippen molar-refractivity contribution in [2.45, 2.75) is 70.7 Å². The van der Waals surface area contributed by atoms with E-state index in [-0.39, 0.29) is 13.1 Å². The fourth-order valence-electron chi connectivity index (χ4n) is 4.51. The van der Waals surface area contributed by atoms with Gasteiger partial charge in [0.25, 0.3) is 6.10 Å². The smallest absolute Gasteiger partial charge is 0.426 e. The third kappa shape index (κ3) is 6.78. The van der Waals surface area contributed by atoms with Gasteiger partial charge in [-0.15, -0.1) is 0 Å². The average Bonchev–Trinajstić information content (AvgIpc) is 2.75. The molecule has 2 heterocycles. The van der Waals surface area contributed by atoms with E-state index in [1.54, 1.807) is 0 Å². The molecule has 1 atom stereocenters. The van der Waals surface area contributed by atoms with Gasteiger partial charge in [-0.05, 0) is 49.9 Å². The van der Waals surface area contributed by atoms with Gasteiger partial charge in [0, 0.05) is 45.3 Å². The number of likely N-dealkylation sites (tertiary alicyclic amines) is 1. The van der Waals surface area contributed by atoms with Crippen molar-refractivity contribution in [1.29, 1.82) is 0 Å². The lowest BCUT2D eigenvalue weighted by Gasteiger charge is -2.36. The lowest BCUT2D eigenvalue weighted by atomic mass is 9.98. The molecule has 0 N–H and O–H groups in total. The number of alkyl halides is 6. The topological polar surface area (TPSA) is 36.0 Å². The molecule has 11 heteroatoms. The first-order chi connectivity index (χ1) is 15.9. The highest BCUT2D eigenvalue weighted by Crippen LogP contribution is 2.36. The highest BCUT2D eigenvalue weighted by Gasteiger charge is 2.60. The first-order valence-corrected chi connectivity index (χ1v) is 11.5. The van der Waals surface area contributed by atoms with Crippen LogP contribution >= 0.6 is 0 Å². The molecule has 3 rings (SSSR count). The monoisotopic (exact) mass is 495 g/mol. The molecule has 34 heavy (non-hydrogen) atoms. The Hall–Kier alpha value is -2.01. The maximum absolute atomic E-state index is 12.7. The summed E-state index contributed by atoms with van der Waals surface area (Å²) in [5.74, 6) is 0. The highest BCUT2D eigenvalue weighted by atomic mass is 19.4. The van der Waals surface area contributed by atoms with Crippen molar-refractivity contribution in [3.63, 3.8) is 0 Å². The average molecular weight is 496 g/mol. The van der Waals surface area contributed by atoms with Crippen molar-refractivity contribution in [2.75, 3.05) is 32.7 Å². The van der Waals surface area contributed by atoms with E-state index in [9.17, 15) is 31.1 Å². The zero-order valence-corrected chi connectivity index (χ0v) is 19.4. The molecule has 0 saturated carbocycles. The van der Waals surface area contributed by atoms with E-state index >= 15 is 0 Å². The summed E-state index contributed by atoms with van der Waals surface area (Å²) in [5.41, 5.74) is 3.55. The first kappa shape index (κ1) is 26.6. The van der Waals surface area contributed by atoms with Crippen molar-refractivity contribution in [3.05, 3.63) is 34.9 Å². The molecule has 0 unspecified atom stereocenters. The molecule has 0 aliphatic carbocycles. The van der Waals surface area contributed by atoms with Gasteiger partial charge in [-0.2, -0.15) is 26.3 Å². The molecule has 5 nitrogen and oxygen atoms in total. The fraction of sp³-hybridized carbons (Fsp3) is 0.696. The van der Waals surface area contributed by atoms with Crippen LogP contribution in [0.4, 0.5) is 31.1 Å². The quantitative estimate of drug-likeness (QED) is 0.532. The lowest BCUT2D eigenvalue weighted by Crippen LogP contribution is -2.52. The summed E-state index contributed by atoms with van der Waals surface area (Å²) in [4.78, 5) is 17.4. The van der Waals surface area contributed by atoms with Crippen LogP contribution < -0.4 is 0 Å². The largest absolute Gasteiger partial charge is 0.434 e. The van der Waals surface area contributed by atoms with Gasteiger partial charge in [0.1, 0.15) is 0 Å². The van der Waals surface area contributed by atoms with Crippen molar-refractivity contribution in [2.24, 2.45) is 0 Å². The second-order valence-corrected chi connectivity index (χ2v) is 9.13. The third-order valence-corrected chi connectivity index (χ3v) is 6.71. The molecule has 2 fully saturated rings. The summed E-state index contributed by atoms with van der Waals surface area (Å²) < 4.78 is 79.8. The van der Waals surface area contributed by atoms with Crippen LogP contribution in [0, 0.1) is 6.92 Å². The number of ether oxygens (including phenoxy) is 1. The number of piperazine rings is 1. The summed E-state index contributed by atoms with van der Waals surface area (Å²) in [7, 11) is 0. The summed E-state index contributed by atoms with van der Waals surface area (Å²) in [6, 6.07) is 6.69. The van der Waals surface area contributed by atoms with Gasteiger partial charge in [0.2, 0.25) is 0 Å². The number of halogens is 6. The van der Waals surface area contributed by atoms with E-state index in [2.05, 4.69) is 29.6 Å². The van der Waals surface area contributed by atoms with Crippen LogP contribution in [0.3, 0.4) is 0 Å². The lowest BCUT2D eigenvalue weighted by molar-refractivity contribution is -0.308. The van der Waals surface area contributed by atoms with Gasteiger partial charge in [0.15, 0.2) is 0 Å². The Bertz CT molecular complexity index is 823. The molecule has 0 spiro atoms. The summed E-state index contributed by atoms with van der Waals surface area (Å²) in [6.45, 7) is 7.49. The number of amides is 1. The molecule has 2 saturated heterocycles. The SMILES string of the molecule is Cc1c(CN2CCN(C(=O)OC(C(F)(F)F)C(F)(F)F)CC2)cccc1CN1CCCC[C@H]1C. The van der Waals surface area contributed by atoms with Gasteiger partial charge in [-0.3, -0.25) is 9.80 Å². The minimum atomic E-state index is -5.72. The summed E-state index contributed by atoms with van der Waals surface area (Å²) in [5, 5.41) is 0. The van der Waals surface area contributed by atoms with E-state index in [1.807, 2.05) is 17.0 Å². The highest BCUT2D eigenvalue weighted by molar-refractivity contribution is 5.68. The van der Waals surface area contributed by atoms with E-state index in [0.717, 1.165) is 23.6 Å². The van der Waals surface area contributed by atoms with E-state index in [1.165, 1.54) is 30.4 Å². The Labute approximate surface area is 195 Å². The van der Waals surface area contributed by atoms with Gasteiger partial charge in [-0.25, -0.2) is 4.79 Å². The normalized spacial score (nSPS) is 21.2. The molecule has 1 aromatic carbocycles. The molecule has 2 aliphatic heterocycles. The van der Waals surface area contributed by atoms with E-state index in [4.69, 9.17) is 0 Å². The van der Waals surface area contributed by atoms with Gasteiger partial charge >= 0.3 is 18.4 Å². The van der Waals surface area contributed by atoms with Gasteiger partial charge in [0.05, 0.1) is 0 Å². The number of hydrogen-bond acceptors (Lipinski definition) is 4. The van der Waals surface area contributed by atoms with Crippen molar-refractivity contribution in [1.82, 2.24) is 14.7 Å². The Morgan fingerprint density at radius 1 is 0.971 bits per heavy atom. The van der Waals surface area contributed by atoms with Crippen LogP contribution in [0.25, 0.3) is 0 Å². The molecular weight excluding hydrogens is 464 g/mol. The Morgan fingerprint density at radius 3 is 2.12 bits per heavy atom. The Kier molecular flexibility index (Phi) is 8.38. The maximum Gasteiger partial charge on any atom is 0.434 e. The minimum absolute atomic E-state index is 0.00863. The molecule has 192 valence electrons. The Morgan fingerprint density at radius 2 is 1.56 bits per heavy atom. The van der Waals surface area contributed by atoms with Crippen molar-refractivity contribution >= 4 is 6.09 Å². The number of benzene rings is 1. The Balaban J connectivity index is 1.55. The molecule has 1 aromatic rings. The predicted molar refractivity (Wildman–Crippen MR) is 114 cm³/mol. The standard InChI is InChI=1S/C23H31F6N3O2/c1-16-6-3-4-9-32(16)15-19-8-5-7-18(17(19)2)14-30-10-12-31(13-11-30)21(33)34-20(22(24,25)26)23(27,28)29/h5,7-8,16,20H,3-4,6,9-15H2,1-2H3/t16-/m1/s1. The second kappa shape index (κ2) is 10.7. The third-order valence-electron chi connectivity index (χ3n) is 6.71. The molecule has 0 aromatic heterocycles. The minimum Gasteiger partial charge on any atom is -0.426 e. The molecule has 1 amide bonds. The molecule has 0 bridgehead atoms. The molecule has 2 aliphatic rings. The number of piperidine rings is 1. The van der Waals surface area contributed by atoms with Crippen LogP contribution in [0.5, 0.6) is 0 Å². The number of carbonyl (C=O) groups excluding carboxylic acids is 1. The second-order valence-electron chi connectivity index (χ2n) is 9.13.